The zero-order chi connectivity index (χ0) is 44.0. The quantitative estimate of drug-likeness (QED) is 0.0278. The molecule has 1 aliphatic heterocycles. The third kappa shape index (κ3) is 21.6. The van der Waals surface area contributed by atoms with Gasteiger partial charge in [0.25, 0.3) is 5.56 Å². The number of alkyl carbamates (subject to hydrolysis) is 1. The summed E-state index contributed by atoms with van der Waals surface area (Å²) >= 11 is 0. The van der Waals surface area contributed by atoms with E-state index in [1.165, 1.54) is 0 Å². The zero-order valence-electron chi connectivity index (χ0n) is 32.3. The third-order valence-corrected chi connectivity index (χ3v) is 11.8. The first-order valence-electron chi connectivity index (χ1n) is 18.6. The van der Waals surface area contributed by atoms with E-state index < -0.39 is 71.8 Å². The summed E-state index contributed by atoms with van der Waals surface area (Å²) in [5.41, 5.74) is -2.06. The van der Waals surface area contributed by atoms with Crippen molar-refractivity contribution >= 4 is 35.5 Å². The molecule has 2 unspecified atom stereocenters. The lowest BCUT2D eigenvalue weighted by Gasteiger charge is -2.19. The van der Waals surface area contributed by atoms with E-state index in [1.54, 1.807) is 0 Å². The van der Waals surface area contributed by atoms with Crippen LogP contribution in [0.1, 0.15) is 56.7 Å². The van der Waals surface area contributed by atoms with E-state index in [0.29, 0.717) is 39.6 Å². The number of aliphatic hydroxyl groups is 1. The molecule has 0 aromatic carbocycles. The molecule has 0 bridgehead atoms. The number of hydrogen-bond acceptors (Lipinski definition) is 17. The van der Waals surface area contributed by atoms with Crippen LogP contribution in [0.5, 0.6) is 0 Å². The van der Waals surface area contributed by atoms with Crippen molar-refractivity contribution in [2.24, 2.45) is 0 Å². The average Bonchev–Trinajstić information content (AvgIpc) is 3.50. The predicted molar refractivity (Wildman–Crippen MR) is 204 cm³/mol. The molecular formula is C32H51N4O21P3. The van der Waals surface area contributed by atoms with Gasteiger partial charge >= 0.3 is 35.3 Å². The van der Waals surface area contributed by atoms with Gasteiger partial charge in [-0.3, -0.25) is 23.7 Å². The molecule has 1 aromatic heterocycles. The van der Waals surface area contributed by atoms with Crippen LogP contribution >= 0.6 is 23.5 Å². The van der Waals surface area contributed by atoms with E-state index >= 15 is 0 Å². The lowest BCUT2D eigenvalue weighted by molar-refractivity contribution is -0.122. The number of amides is 2. The molecule has 0 radical (unpaired) electrons. The fourth-order valence-corrected chi connectivity index (χ4v) is 8.28. The Bertz CT molecular complexity index is 1880. The Morgan fingerprint density at radius 2 is 1.52 bits per heavy atom. The third-order valence-electron chi connectivity index (χ3n) is 7.99. The maximum absolute atomic E-state index is 12.5. The minimum atomic E-state index is -5.77. The fraction of sp³-hybridized carbons (Fsp3) is 0.688. The van der Waals surface area contributed by atoms with Crippen LogP contribution in [0, 0.1) is 11.8 Å². The van der Waals surface area contributed by atoms with Gasteiger partial charge in [0, 0.05) is 25.6 Å². The summed E-state index contributed by atoms with van der Waals surface area (Å²) in [7, 11) is -16.9. The first kappa shape index (κ1) is 51.2. The largest absolute Gasteiger partial charge is 0.490 e. The van der Waals surface area contributed by atoms with Crippen molar-refractivity contribution in [1.82, 2.24) is 20.2 Å². The van der Waals surface area contributed by atoms with E-state index in [-0.39, 0.29) is 50.9 Å². The number of carbonyl (C=O) groups excluding carboxylic acids is 2. The summed E-state index contributed by atoms with van der Waals surface area (Å²) in [6, 6.07) is 0. The van der Waals surface area contributed by atoms with Gasteiger partial charge in [-0.25, -0.2) is 23.3 Å². The molecule has 60 heavy (non-hydrogen) atoms. The summed E-state index contributed by atoms with van der Waals surface area (Å²) in [5, 5.41) is 15.5. The number of rotatable bonds is 25. The van der Waals surface area contributed by atoms with Crippen molar-refractivity contribution in [3.8, 4) is 11.8 Å². The molecule has 6 atom stereocenters. The predicted octanol–water partition coefficient (Wildman–Crippen LogP) is 0.0676. The fourth-order valence-electron chi connectivity index (χ4n) is 5.25. The van der Waals surface area contributed by atoms with Crippen molar-refractivity contribution in [3.05, 3.63) is 44.8 Å². The average molecular weight is 921 g/mol. The van der Waals surface area contributed by atoms with Crippen LogP contribution in [-0.2, 0) is 60.1 Å². The second-order valence-electron chi connectivity index (χ2n) is 12.7. The van der Waals surface area contributed by atoms with Gasteiger partial charge in [0.1, 0.15) is 24.0 Å². The van der Waals surface area contributed by atoms with E-state index in [2.05, 4.69) is 47.8 Å². The van der Waals surface area contributed by atoms with Crippen LogP contribution in [0.3, 0.4) is 0 Å². The highest BCUT2D eigenvalue weighted by Gasteiger charge is 2.43. The molecule has 8 N–H and O–H groups in total. The smallest absolute Gasteiger partial charge is 0.446 e. The molecule has 1 aromatic rings. The number of nitrogens with one attached hydrogen (secondary N) is 3. The van der Waals surface area contributed by atoms with Gasteiger partial charge in [0.2, 0.25) is 5.91 Å². The summed E-state index contributed by atoms with van der Waals surface area (Å²) in [6.07, 6.45) is 4.95. The minimum absolute atomic E-state index is 0.00979. The van der Waals surface area contributed by atoms with Gasteiger partial charge in [-0.1, -0.05) is 24.0 Å². The van der Waals surface area contributed by atoms with Gasteiger partial charge in [-0.15, -0.1) is 0 Å². The SMILES string of the molecule is O=C(CCOCCOCCOCCOCCNC(=O)O[C@H]1CC/C=C/CCC1)NCC#Cc1cn([C@H]2C[C@H](O)[C@@H](COP(=O)(O)OP(=O)(O)OP(=O)(O)O)O2)c(=O)[nH]c1=O. The van der Waals surface area contributed by atoms with E-state index in [4.69, 9.17) is 38.2 Å². The van der Waals surface area contributed by atoms with E-state index in [0.717, 1.165) is 42.9 Å². The Hall–Kier alpha value is -3.11. The van der Waals surface area contributed by atoms with Gasteiger partial charge < -0.3 is 63.7 Å². The Labute approximate surface area is 343 Å². The maximum Gasteiger partial charge on any atom is 0.490 e. The van der Waals surface area contributed by atoms with Gasteiger partial charge in [-0.2, -0.15) is 8.62 Å². The van der Waals surface area contributed by atoms with E-state index in [9.17, 15) is 47.8 Å². The second-order valence-corrected chi connectivity index (χ2v) is 17.2. The number of phosphoric ester groups is 1. The Morgan fingerprint density at radius 3 is 2.20 bits per heavy atom. The summed E-state index contributed by atoms with van der Waals surface area (Å²) in [4.78, 5) is 87.0. The number of aromatic amines is 1. The van der Waals surface area contributed by atoms with Crippen molar-refractivity contribution < 1.29 is 89.5 Å². The first-order chi connectivity index (χ1) is 28.4. The number of phosphoric acid groups is 3. The second kappa shape index (κ2) is 26.4. The Balaban J connectivity index is 1.22. The molecule has 2 heterocycles. The lowest BCUT2D eigenvalue weighted by atomic mass is 10.0. The van der Waals surface area contributed by atoms with Crippen molar-refractivity contribution in [2.45, 2.75) is 69.5 Å². The molecule has 28 heteroatoms. The molecule has 25 nitrogen and oxygen atoms in total. The van der Waals surface area contributed by atoms with Crippen LogP contribution in [0.15, 0.2) is 27.9 Å². The van der Waals surface area contributed by atoms with Crippen molar-refractivity contribution in [3.63, 3.8) is 0 Å². The Morgan fingerprint density at radius 1 is 0.867 bits per heavy atom. The molecule has 1 aliphatic carbocycles. The maximum atomic E-state index is 12.5. The van der Waals surface area contributed by atoms with Gasteiger partial charge in [0.15, 0.2) is 0 Å². The van der Waals surface area contributed by atoms with Gasteiger partial charge in [-0.05, 0) is 32.1 Å². The number of ether oxygens (including phenoxy) is 6. The molecule has 2 aliphatic rings. The topological polar surface area (TPSA) is 348 Å². The molecule has 340 valence electrons. The highest BCUT2D eigenvalue weighted by molar-refractivity contribution is 7.66. The number of aliphatic hydroxyl groups excluding tert-OH is 1. The summed E-state index contributed by atoms with van der Waals surface area (Å²) in [5.74, 6) is 4.67. The Kier molecular flexibility index (Phi) is 22.5. The number of hydrogen-bond donors (Lipinski definition) is 8. The zero-order valence-corrected chi connectivity index (χ0v) is 35.0. The lowest BCUT2D eigenvalue weighted by Crippen LogP contribution is -2.34. The molecule has 0 saturated carbocycles. The number of carbonyl (C=O) groups is 2. The summed E-state index contributed by atoms with van der Waals surface area (Å²) < 4.78 is 79.4. The normalized spacial score (nSPS) is 21.9. The standard InChI is InChI=1S/C32H51N4O21P3/c37-26-21-29(55-27(26)23-53-59(45,46)57-60(47,48)56-58(42,43)44)36-22-24(30(39)35-31(36)40)7-6-11-33-28(38)10-13-49-15-17-51-19-20-52-18-16-50-14-12-34-32(41)54-25-8-4-2-1-3-5-9-25/h1-2,22,25-27,29,37H,3-5,8-21,23H2,(H,33,38)(H,34,41)(H,45,46)(H,47,48)(H,35,39,40)(H2,42,43,44)/b2-1+/t25-,26-,27+,29+/m0/s1. The monoisotopic (exact) mass is 920 g/mol. The number of allylic oxidation sites excluding steroid dienone is 2. The van der Waals surface area contributed by atoms with E-state index in [1.807, 2.05) is 4.98 Å². The van der Waals surface area contributed by atoms with Crippen molar-refractivity contribution in [1.29, 1.82) is 0 Å². The van der Waals surface area contributed by atoms with Crippen LogP contribution in [0.4, 0.5) is 4.79 Å². The first-order valence-corrected chi connectivity index (χ1v) is 23.1. The number of aromatic nitrogens is 2. The highest BCUT2D eigenvalue weighted by atomic mass is 31.3. The number of H-pyrrole nitrogens is 1. The highest BCUT2D eigenvalue weighted by Crippen LogP contribution is 2.66. The number of nitrogens with zero attached hydrogens (tertiary/aromatic N) is 1. The van der Waals surface area contributed by atoms with Crippen LogP contribution in [0.2, 0.25) is 0 Å². The van der Waals surface area contributed by atoms with Crippen LogP contribution in [0.25, 0.3) is 0 Å². The molecule has 1 fully saturated rings. The summed E-state index contributed by atoms with van der Waals surface area (Å²) in [6.45, 7) is 1.49. The van der Waals surface area contributed by atoms with Crippen LogP contribution < -0.4 is 21.9 Å². The molecule has 0 spiro atoms. The minimum Gasteiger partial charge on any atom is -0.446 e. The van der Waals surface area contributed by atoms with Gasteiger partial charge in [0.05, 0.1) is 72.1 Å². The molecule has 1 saturated heterocycles. The molecule has 2 amide bonds. The van der Waals surface area contributed by atoms with Crippen LogP contribution in [-0.4, -0.2) is 137 Å². The molecular weight excluding hydrogens is 869 g/mol. The molecule has 3 rings (SSSR count). The van der Waals surface area contributed by atoms with Crippen molar-refractivity contribution in [2.75, 3.05) is 72.6 Å².